The number of nitrogens with one attached hydrogen (secondary N) is 1. The molecule has 1 heterocycles. The van der Waals surface area contributed by atoms with E-state index in [4.69, 9.17) is 0 Å². The predicted octanol–water partition coefficient (Wildman–Crippen LogP) is 7.45. The van der Waals surface area contributed by atoms with E-state index in [0.717, 1.165) is 29.4 Å². The van der Waals surface area contributed by atoms with Gasteiger partial charge in [0.25, 0.3) is 0 Å². The number of aromatic nitrogens is 2. The highest BCUT2D eigenvalue weighted by Gasteiger charge is 2.95. The Morgan fingerprint density at radius 1 is 0.615 bits per heavy atom. The second-order valence-electron chi connectivity index (χ2n) is 7.44. The highest BCUT2D eigenvalue weighted by Crippen LogP contribution is 2.65. The van der Waals surface area contributed by atoms with Crippen LogP contribution in [0.4, 0.5) is 80.3 Å². The van der Waals surface area contributed by atoms with Crippen LogP contribution in [0.3, 0.4) is 0 Å². The molecule has 0 bridgehead atoms. The fraction of sp³-hybridized carbons (Fsp3) is 0.471. The van der Waals surface area contributed by atoms with Crippen molar-refractivity contribution >= 4 is 5.69 Å². The summed E-state index contributed by atoms with van der Waals surface area (Å²) >= 11 is 0. The van der Waals surface area contributed by atoms with E-state index >= 15 is 0 Å². The Balaban J connectivity index is 2.76. The number of nitro groups is 1. The Kier molecular flexibility index (Phi) is 7.21. The summed E-state index contributed by atoms with van der Waals surface area (Å²) in [6, 6.07) is 4.93. The fourth-order valence-electron chi connectivity index (χ4n) is 2.85. The summed E-state index contributed by atoms with van der Waals surface area (Å²) in [6.07, 6.45) is -7.87. The molecule has 0 unspecified atom stereocenters. The number of hydrogen-bond acceptors (Lipinski definition) is 3. The van der Waals surface area contributed by atoms with Gasteiger partial charge >= 0.3 is 53.3 Å². The molecule has 0 spiro atoms. The van der Waals surface area contributed by atoms with Crippen LogP contribution >= 0.6 is 0 Å². The Morgan fingerprint density at radius 2 is 1.00 bits per heavy atom. The van der Waals surface area contributed by atoms with E-state index in [1.165, 1.54) is 6.07 Å². The minimum atomic E-state index is -8.81. The lowest BCUT2D eigenvalue weighted by Crippen LogP contribution is -2.74. The first-order valence-corrected chi connectivity index (χ1v) is 9.16. The van der Waals surface area contributed by atoms with Crippen molar-refractivity contribution < 1.29 is 79.6 Å². The molecule has 1 aromatic heterocycles. The molecule has 0 radical (unpaired) electrons. The van der Waals surface area contributed by atoms with Crippen molar-refractivity contribution in [3.8, 4) is 11.3 Å². The van der Waals surface area contributed by atoms with Gasteiger partial charge < -0.3 is 0 Å². The van der Waals surface area contributed by atoms with Crippen LogP contribution < -0.4 is 0 Å². The van der Waals surface area contributed by atoms with Gasteiger partial charge in [0.15, 0.2) is 11.4 Å². The minimum absolute atomic E-state index is 0.580. The molecule has 0 aliphatic carbocycles. The third-order valence-electron chi connectivity index (χ3n) is 5.01. The van der Waals surface area contributed by atoms with Crippen molar-refractivity contribution in [1.82, 2.24) is 10.2 Å². The van der Waals surface area contributed by atoms with Gasteiger partial charge in [-0.25, -0.2) is 0 Å². The molecule has 0 fully saturated rings. The number of H-pyrrole nitrogens is 1. The van der Waals surface area contributed by atoms with E-state index in [1.807, 2.05) is 0 Å². The highest BCUT2D eigenvalue weighted by atomic mass is 19.4. The first-order valence-electron chi connectivity index (χ1n) is 9.16. The zero-order valence-corrected chi connectivity index (χ0v) is 17.5. The lowest BCUT2D eigenvalue weighted by atomic mass is 9.88. The number of benzene rings is 1. The summed E-state index contributed by atoms with van der Waals surface area (Å²) in [5.41, 5.74) is -7.35. The van der Waals surface area contributed by atoms with Gasteiger partial charge in [0.05, 0.1) is 4.92 Å². The Hall–Kier alpha value is -3.36. The van der Waals surface area contributed by atoms with Gasteiger partial charge in [0.2, 0.25) is 0 Å². The number of nitrogens with zero attached hydrogens (tertiary/aromatic N) is 2. The normalized spacial score (nSPS) is 15.0. The van der Waals surface area contributed by atoms with Crippen molar-refractivity contribution in [3.05, 3.63) is 46.1 Å². The second kappa shape index (κ2) is 8.83. The van der Waals surface area contributed by atoms with Gasteiger partial charge in [0, 0.05) is 5.56 Å². The molecule has 39 heavy (non-hydrogen) atoms. The van der Waals surface area contributed by atoms with E-state index in [2.05, 4.69) is 5.10 Å². The molecule has 0 aliphatic rings. The fourth-order valence-corrected chi connectivity index (χ4v) is 2.85. The molecule has 1 N–H and O–H groups in total. The summed E-state index contributed by atoms with van der Waals surface area (Å²) < 4.78 is 229. The summed E-state index contributed by atoms with van der Waals surface area (Å²) in [6.45, 7) is 0. The van der Waals surface area contributed by atoms with Crippen LogP contribution in [-0.4, -0.2) is 56.8 Å². The zero-order valence-electron chi connectivity index (χ0n) is 17.5. The molecule has 220 valence electrons. The molecule has 1 aromatic carbocycles. The number of halogens is 17. The van der Waals surface area contributed by atoms with Crippen molar-refractivity contribution in [2.75, 3.05) is 0 Å². The molecule has 22 heteroatoms. The topological polar surface area (TPSA) is 71.8 Å². The molecular weight excluding hydrogens is 601 g/mol. The standard InChI is InChI=1S/C17H6F17N3O2/c18-10(19,9-8(37(38)39)7(35-36-9)6-4-2-1-3-5-6)11(20,21)12(22,23)13(24,25)14(26,27)15(28,29)16(30,31)17(32,33)34/h1-5H,(H,35,36). The molecular formula is C17H6F17N3O2. The Bertz CT molecular complexity index is 1220. The highest BCUT2D eigenvalue weighted by molar-refractivity contribution is 5.71. The lowest BCUT2D eigenvalue weighted by molar-refractivity contribution is -0.463. The zero-order chi connectivity index (χ0) is 30.8. The van der Waals surface area contributed by atoms with E-state index in [1.54, 1.807) is 0 Å². The number of hydrogen-bond donors (Lipinski definition) is 1. The molecule has 0 saturated heterocycles. The Labute approximate surface area is 201 Å². The van der Waals surface area contributed by atoms with E-state index in [-0.39, 0.29) is 0 Å². The summed E-state index contributed by atoms with van der Waals surface area (Å²) in [5.74, 6) is -58.4. The van der Waals surface area contributed by atoms with Crippen LogP contribution in [0, 0.1) is 10.1 Å². The van der Waals surface area contributed by atoms with Crippen LogP contribution in [0.15, 0.2) is 30.3 Å². The smallest absolute Gasteiger partial charge is 0.269 e. The summed E-state index contributed by atoms with van der Waals surface area (Å²) in [4.78, 5) is 9.21. The van der Waals surface area contributed by atoms with Crippen LogP contribution in [0.25, 0.3) is 11.3 Å². The summed E-state index contributed by atoms with van der Waals surface area (Å²) in [7, 11) is 0. The molecule has 5 nitrogen and oxygen atoms in total. The first kappa shape index (κ1) is 31.9. The van der Waals surface area contributed by atoms with Gasteiger partial charge in [-0.1, -0.05) is 30.3 Å². The van der Waals surface area contributed by atoms with Gasteiger partial charge in [0.1, 0.15) is 0 Å². The quantitative estimate of drug-likeness (QED) is 0.183. The van der Waals surface area contributed by atoms with Gasteiger partial charge in [-0.05, 0) is 0 Å². The van der Waals surface area contributed by atoms with Crippen molar-refractivity contribution in [3.63, 3.8) is 0 Å². The lowest BCUT2D eigenvalue weighted by Gasteiger charge is -2.42. The van der Waals surface area contributed by atoms with Gasteiger partial charge in [-0.3, -0.25) is 15.2 Å². The molecule has 0 atom stereocenters. The predicted molar refractivity (Wildman–Crippen MR) is 90.3 cm³/mol. The second-order valence-corrected chi connectivity index (χ2v) is 7.44. The monoisotopic (exact) mass is 607 g/mol. The maximum absolute atomic E-state index is 14.5. The van der Waals surface area contributed by atoms with Crippen LogP contribution in [-0.2, 0) is 5.92 Å². The van der Waals surface area contributed by atoms with E-state index in [0.29, 0.717) is 0 Å². The summed E-state index contributed by atoms with van der Waals surface area (Å²) in [5, 5.41) is 14.7. The van der Waals surface area contributed by atoms with Crippen LogP contribution in [0.5, 0.6) is 0 Å². The van der Waals surface area contributed by atoms with Crippen molar-refractivity contribution in [2.45, 2.75) is 47.6 Å². The number of aromatic amines is 1. The third kappa shape index (κ3) is 4.12. The van der Waals surface area contributed by atoms with E-state index < -0.39 is 75.2 Å². The van der Waals surface area contributed by atoms with Crippen LogP contribution in [0.1, 0.15) is 5.69 Å². The molecule has 0 saturated carbocycles. The molecule has 2 aromatic rings. The largest absolute Gasteiger partial charge is 0.460 e. The van der Waals surface area contributed by atoms with Gasteiger partial charge in [-0.2, -0.15) is 79.7 Å². The van der Waals surface area contributed by atoms with Crippen molar-refractivity contribution in [1.29, 1.82) is 0 Å². The third-order valence-corrected chi connectivity index (χ3v) is 5.01. The maximum Gasteiger partial charge on any atom is 0.460 e. The average Bonchev–Trinajstić information content (AvgIpc) is 3.24. The van der Waals surface area contributed by atoms with E-state index in [9.17, 15) is 84.8 Å². The van der Waals surface area contributed by atoms with Gasteiger partial charge in [-0.15, -0.1) is 0 Å². The Morgan fingerprint density at radius 3 is 1.38 bits per heavy atom. The molecule has 2 rings (SSSR count). The molecule has 0 aliphatic heterocycles. The number of rotatable bonds is 9. The van der Waals surface area contributed by atoms with Crippen LogP contribution in [0.2, 0.25) is 0 Å². The molecule has 0 amide bonds. The van der Waals surface area contributed by atoms with Crippen molar-refractivity contribution in [2.24, 2.45) is 0 Å². The minimum Gasteiger partial charge on any atom is -0.269 e. The average molecular weight is 607 g/mol. The number of alkyl halides is 17. The first-order chi connectivity index (χ1) is 17.2. The SMILES string of the molecule is O=[N+]([O-])c1c(-c2ccccc2)n[nH]c1C(F)(F)C(F)(F)C(F)(F)C(F)(F)C(F)(F)C(F)(F)C(F)(F)C(F)(F)F. The maximum atomic E-state index is 14.5.